The number of likely N-dealkylation sites (tertiary alicyclic amines) is 1. The summed E-state index contributed by atoms with van der Waals surface area (Å²) in [5, 5.41) is 9.07. The van der Waals surface area contributed by atoms with Crippen molar-refractivity contribution in [3.8, 4) is 0 Å². The minimum atomic E-state index is -1.09. The summed E-state index contributed by atoms with van der Waals surface area (Å²) in [6.45, 7) is 5.09. The predicted molar refractivity (Wildman–Crippen MR) is 63.5 cm³/mol. The lowest BCUT2D eigenvalue weighted by Crippen LogP contribution is -2.43. The molecular weight excluding hydrogens is 234 g/mol. The summed E-state index contributed by atoms with van der Waals surface area (Å²) >= 11 is 0. The standard InChI is InChI=1S/C13H19NO4/c1-7-4-8-9(5-7)11(16)14(10(8)15)6-13(2,3)12(17)18/h7-9H,4-6H2,1-3H3,(H,17,18). The Morgan fingerprint density at radius 3 is 2.11 bits per heavy atom. The molecule has 0 bridgehead atoms. The number of hydrogen-bond donors (Lipinski definition) is 1. The summed E-state index contributed by atoms with van der Waals surface area (Å²) in [5.41, 5.74) is -1.09. The summed E-state index contributed by atoms with van der Waals surface area (Å²) in [6.07, 6.45) is 1.50. The first-order valence-corrected chi connectivity index (χ1v) is 6.32. The van der Waals surface area contributed by atoms with Gasteiger partial charge < -0.3 is 5.11 Å². The minimum Gasteiger partial charge on any atom is -0.481 e. The zero-order chi connectivity index (χ0) is 13.7. The highest BCUT2D eigenvalue weighted by molar-refractivity contribution is 6.05. The Labute approximate surface area is 106 Å². The molecule has 2 fully saturated rings. The second kappa shape index (κ2) is 4.07. The number of carbonyl (C=O) groups is 3. The summed E-state index contributed by atoms with van der Waals surface area (Å²) in [7, 11) is 0. The van der Waals surface area contributed by atoms with Gasteiger partial charge in [-0.15, -0.1) is 0 Å². The SMILES string of the molecule is CC1CC2C(=O)N(CC(C)(C)C(=O)O)C(=O)C2C1. The molecule has 0 aromatic carbocycles. The van der Waals surface area contributed by atoms with Gasteiger partial charge in [-0.1, -0.05) is 6.92 Å². The Bertz CT molecular complexity index is 391. The number of carbonyl (C=O) groups excluding carboxylic acids is 2. The molecule has 0 radical (unpaired) electrons. The highest BCUT2D eigenvalue weighted by Gasteiger charge is 2.53. The van der Waals surface area contributed by atoms with Crippen molar-refractivity contribution in [3.05, 3.63) is 0 Å². The lowest BCUT2D eigenvalue weighted by atomic mass is 9.93. The van der Waals surface area contributed by atoms with Crippen LogP contribution in [0.4, 0.5) is 0 Å². The van der Waals surface area contributed by atoms with Crippen LogP contribution >= 0.6 is 0 Å². The summed E-state index contributed by atoms with van der Waals surface area (Å²) in [6, 6.07) is 0. The van der Waals surface area contributed by atoms with Gasteiger partial charge in [-0.3, -0.25) is 19.3 Å². The molecule has 100 valence electrons. The molecule has 2 unspecified atom stereocenters. The zero-order valence-electron chi connectivity index (χ0n) is 11.0. The Morgan fingerprint density at radius 1 is 1.28 bits per heavy atom. The predicted octanol–water partition coefficient (Wildman–Crippen LogP) is 1.13. The molecule has 0 aromatic heterocycles. The van der Waals surface area contributed by atoms with Crippen LogP contribution in [0.25, 0.3) is 0 Å². The van der Waals surface area contributed by atoms with Crippen LogP contribution in [0.5, 0.6) is 0 Å². The van der Waals surface area contributed by atoms with E-state index in [9.17, 15) is 14.4 Å². The number of nitrogens with zero attached hydrogens (tertiary/aromatic N) is 1. The zero-order valence-corrected chi connectivity index (χ0v) is 11.0. The molecule has 0 spiro atoms. The van der Waals surface area contributed by atoms with Crippen LogP contribution in [0.3, 0.4) is 0 Å². The van der Waals surface area contributed by atoms with Crippen LogP contribution in [0, 0.1) is 23.2 Å². The molecule has 5 nitrogen and oxygen atoms in total. The van der Waals surface area contributed by atoms with E-state index in [-0.39, 0.29) is 30.2 Å². The summed E-state index contributed by atoms with van der Waals surface area (Å²) in [5.74, 6) is -1.36. The molecule has 2 aliphatic rings. The number of carboxylic acids is 1. The second-order valence-electron chi connectivity index (χ2n) is 6.24. The molecule has 1 N–H and O–H groups in total. The average molecular weight is 253 g/mol. The van der Waals surface area contributed by atoms with Crippen LogP contribution in [0.15, 0.2) is 0 Å². The van der Waals surface area contributed by atoms with Gasteiger partial charge >= 0.3 is 5.97 Å². The van der Waals surface area contributed by atoms with E-state index in [1.54, 1.807) is 0 Å². The number of rotatable bonds is 3. The fraction of sp³-hybridized carbons (Fsp3) is 0.769. The van der Waals surface area contributed by atoms with Crippen LogP contribution < -0.4 is 0 Å². The number of amides is 2. The maximum atomic E-state index is 12.2. The van der Waals surface area contributed by atoms with Gasteiger partial charge in [-0.05, 0) is 32.6 Å². The average Bonchev–Trinajstić information content (AvgIpc) is 2.73. The van der Waals surface area contributed by atoms with Crippen molar-refractivity contribution in [1.82, 2.24) is 4.90 Å². The highest BCUT2D eigenvalue weighted by Crippen LogP contribution is 2.43. The molecule has 18 heavy (non-hydrogen) atoms. The molecule has 2 amide bonds. The van der Waals surface area contributed by atoms with E-state index in [1.807, 2.05) is 6.92 Å². The van der Waals surface area contributed by atoms with Crippen molar-refractivity contribution in [2.24, 2.45) is 23.2 Å². The van der Waals surface area contributed by atoms with Crippen LogP contribution in [0.2, 0.25) is 0 Å². The Kier molecular flexibility index (Phi) is 2.95. The molecule has 0 aromatic rings. The van der Waals surface area contributed by atoms with Gasteiger partial charge in [0.2, 0.25) is 11.8 Å². The first-order chi connectivity index (χ1) is 8.24. The first kappa shape index (κ1) is 13.1. The van der Waals surface area contributed by atoms with Crippen molar-refractivity contribution in [2.45, 2.75) is 33.6 Å². The smallest absolute Gasteiger partial charge is 0.310 e. The van der Waals surface area contributed by atoms with Crippen LogP contribution in [-0.2, 0) is 14.4 Å². The van der Waals surface area contributed by atoms with E-state index in [2.05, 4.69) is 0 Å². The molecule has 2 rings (SSSR count). The fourth-order valence-electron chi connectivity index (χ4n) is 2.97. The van der Waals surface area contributed by atoms with Gasteiger partial charge in [0.25, 0.3) is 0 Å². The Morgan fingerprint density at radius 2 is 1.72 bits per heavy atom. The van der Waals surface area contributed by atoms with Crippen LogP contribution in [-0.4, -0.2) is 34.3 Å². The van der Waals surface area contributed by atoms with Gasteiger partial charge in [-0.2, -0.15) is 0 Å². The number of imide groups is 1. The van der Waals surface area contributed by atoms with E-state index in [0.29, 0.717) is 5.92 Å². The Balaban J connectivity index is 2.15. The molecule has 5 heteroatoms. The molecule has 1 aliphatic heterocycles. The second-order valence-corrected chi connectivity index (χ2v) is 6.24. The summed E-state index contributed by atoms with van der Waals surface area (Å²) < 4.78 is 0. The normalized spacial score (nSPS) is 31.9. The van der Waals surface area contributed by atoms with Crippen molar-refractivity contribution in [1.29, 1.82) is 0 Å². The molecule has 1 heterocycles. The maximum Gasteiger partial charge on any atom is 0.310 e. The van der Waals surface area contributed by atoms with Gasteiger partial charge in [0.15, 0.2) is 0 Å². The van der Waals surface area contributed by atoms with Crippen molar-refractivity contribution in [2.75, 3.05) is 6.54 Å². The van der Waals surface area contributed by atoms with Crippen LogP contribution in [0.1, 0.15) is 33.6 Å². The van der Waals surface area contributed by atoms with E-state index >= 15 is 0 Å². The molecule has 2 atom stereocenters. The third-order valence-corrected chi connectivity index (χ3v) is 4.10. The number of hydrogen-bond acceptors (Lipinski definition) is 3. The number of fused-ring (bicyclic) bond motifs is 1. The van der Waals surface area contributed by atoms with Crippen molar-refractivity contribution in [3.63, 3.8) is 0 Å². The maximum absolute atomic E-state index is 12.2. The molecule has 1 saturated heterocycles. The van der Waals surface area contributed by atoms with Crippen molar-refractivity contribution >= 4 is 17.8 Å². The molecule has 1 aliphatic carbocycles. The molecule has 1 saturated carbocycles. The number of aliphatic carboxylic acids is 1. The summed E-state index contributed by atoms with van der Waals surface area (Å²) in [4.78, 5) is 36.5. The number of carboxylic acid groups (broad SMARTS) is 1. The largest absolute Gasteiger partial charge is 0.481 e. The minimum absolute atomic E-state index is 0.0264. The highest BCUT2D eigenvalue weighted by atomic mass is 16.4. The first-order valence-electron chi connectivity index (χ1n) is 6.32. The van der Waals surface area contributed by atoms with E-state index in [4.69, 9.17) is 5.11 Å². The third kappa shape index (κ3) is 1.91. The van der Waals surface area contributed by atoms with Crippen molar-refractivity contribution < 1.29 is 19.5 Å². The Hall–Kier alpha value is -1.39. The quantitative estimate of drug-likeness (QED) is 0.765. The topological polar surface area (TPSA) is 74.7 Å². The third-order valence-electron chi connectivity index (χ3n) is 4.10. The fourth-order valence-corrected chi connectivity index (χ4v) is 2.97. The van der Waals surface area contributed by atoms with Gasteiger partial charge in [-0.25, -0.2) is 0 Å². The van der Waals surface area contributed by atoms with Gasteiger partial charge in [0.05, 0.1) is 17.3 Å². The van der Waals surface area contributed by atoms with Gasteiger partial charge in [0, 0.05) is 6.54 Å². The lowest BCUT2D eigenvalue weighted by Gasteiger charge is -2.26. The van der Waals surface area contributed by atoms with E-state index in [0.717, 1.165) is 17.7 Å². The lowest BCUT2D eigenvalue weighted by molar-refractivity contribution is -0.151. The van der Waals surface area contributed by atoms with Gasteiger partial charge in [0.1, 0.15) is 0 Å². The van der Waals surface area contributed by atoms with E-state index in [1.165, 1.54) is 13.8 Å². The molecular formula is C13H19NO4. The van der Waals surface area contributed by atoms with E-state index < -0.39 is 11.4 Å². The monoisotopic (exact) mass is 253 g/mol.